The van der Waals surface area contributed by atoms with Crippen molar-refractivity contribution in [2.75, 3.05) is 33.2 Å². The van der Waals surface area contributed by atoms with E-state index in [9.17, 15) is 4.79 Å². The quantitative estimate of drug-likeness (QED) is 0.834. The van der Waals surface area contributed by atoms with Gasteiger partial charge in [-0.1, -0.05) is 6.07 Å². The molecule has 2 aliphatic heterocycles. The molecule has 6 heteroatoms. The summed E-state index contributed by atoms with van der Waals surface area (Å²) in [5, 5.41) is 0. The SMILES string of the molecule is CN(C(=O)[C@@H]1CC[C@H](CN)O1)C1CCN(CCc2ccccn2)CC1. The van der Waals surface area contributed by atoms with Gasteiger partial charge in [0.1, 0.15) is 6.10 Å². The maximum absolute atomic E-state index is 12.6. The molecule has 2 aliphatic rings. The van der Waals surface area contributed by atoms with Crippen molar-refractivity contribution in [3.8, 4) is 0 Å². The number of likely N-dealkylation sites (tertiary alicyclic amines) is 1. The zero-order valence-corrected chi connectivity index (χ0v) is 15.1. The second-order valence-corrected chi connectivity index (χ2v) is 7.15. The van der Waals surface area contributed by atoms with E-state index in [-0.39, 0.29) is 18.1 Å². The molecule has 0 aliphatic carbocycles. The number of nitrogens with two attached hydrogens (primary N) is 1. The Kier molecular flexibility index (Phi) is 6.39. The molecule has 0 aromatic carbocycles. The predicted octanol–water partition coefficient (Wildman–Crippen LogP) is 1.05. The van der Waals surface area contributed by atoms with Crippen molar-refractivity contribution < 1.29 is 9.53 Å². The van der Waals surface area contributed by atoms with Crippen molar-refractivity contribution in [1.82, 2.24) is 14.8 Å². The summed E-state index contributed by atoms with van der Waals surface area (Å²) in [6.45, 7) is 3.60. The van der Waals surface area contributed by atoms with E-state index in [2.05, 4.69) is 16.0 Å². The zero-order chi connectivity index (χ0) is 17.6. The highest BCUT2D eigenvalue weighted by atomic mass is 16.5. The Hall–Kier alpha value is -1.50. The lowest BCUT2D eigenvalue weighted by Gasteiger charge is -2.37. The van der Waals surface area contributed by atoms with Crippen molar-refractivity contribution in [2.24, 2.45) is 5.73 Å². The van der Waals surface area contributed by atoms with E-state index in [0.717, 1.165) is 57.4 Å². The lowest BCUT2D eigenvalue weighted by molar-refractivity contribution is -0.144. The highest BCUT2D eigenvalue weighted by molar-refractivity contribution is 5.81. The minimum absolute atomic E-state index is 0.0517. The summed E-state index contributed by atoms with van der Waals surface area (Å²) in [7, 11) is 1.93. The van der Waals surface area contributed by atoms with Crippen LogP contribution in [0.1, 0.15) is 31.4 Å². The third-order valence-corrected chi connectivity index (χ3v) is 5.51. The van der Waals surface area contributed by atoms with Crippen molar-refractivity contribution in [3.63, 3.8) is 0 Å². The molecule has 0 unspecified atom stereocenters. The highest BCUT2D eigenvalue weighted by Crippen LogP contribution is 2.23. The first-order valence-electron chi connectivity index (χ1n) is 9.42. The molecular weight excluding hydrogens is 316 g/mol. The van der Waals surface area contributed by atoms with Gasteiger partial charge in [0.2, 0.25) is 0 Å². The zero-order valence-electron chi connectivity index (χ0n) is 15.1. The van der Waals surface area contributed by atoms with Gasteiger partial charge in [0.15, 0.2) is 0 Å². The highest BCUT2D eigenvalue weighted by Gasteiger charge is 2.34. The number of carbonyl (C=O) groups is 1. The normalized spacial score (nSPS) is 25.2. The molecule has 3 heterocycles. The predicted molar refractivity (Wildman–Crippen MR) is 97.1 cm³/mol. The van der Waals surface area contributed by atoms with E-state index < -0.39 is 0 Å². The topological polar surface area (TPSA) is 71.7 Å². The molecule has 138 valence electrons. The number of carbonyl (C=O) groups excluding carboxylic acids is 1. The van der Waals surface area contributed by atoms with Crippen LogP contribution in [0.15, 0.2) is 24.4 Å². The van der Waals surface area contributed by atoms with E-state index in [4.69, 9.17) is 10.5 Å². The average molecular weight is 346 g/mol. The lowest BCUT2D eigenvalue weighted by Crippen LogP contribution is -2.48. The van der Waals surface area contributed by atoms with Gasteiger partial charge in [-0.15, -0.1) is 0 Å². The van der Waals surface area contributed by atoms with Crippen molar-refractivity contribution in [3.05, 3.63) is 30.1 Å². The number of hydrogen-bond donors (Lipinski definition) is 1. The molecule has 1 aromatic heterocycles. The fourth-order valence-electron chi connectivity index (χ4n) is 3.82. The summed E-state index contributed by atoms with van der Waals surface area (Å²) >= 11 is 0. The number of pyridine rings is 1. The van der Waals surface area contributed by atoms with Crippen LogP contribution in [0.4, 0.5) is 0 Å². The first kappa shape index (κ1) is 18.3. The van der Waals surface area contributed by atoms with E-state index in [1.165, 1.54) is 0 Å². The molecule has 2 N–H and O–H groups in total. The Morgan fingerprint density at radius 1 is 1.32 bits per heavy atom. The third kappa shape index (κ3) is 4.77. The molecule has 1 amide bonds. The minimum Gasteiger partial charge on any atom is -0.364 e. The fraction of sp³-hybridized carbons (Fsp3) is 0.684. The van der Waals surface area contributed by atoms with Crippen LogP contribution >= 0.6 is 0 Å². The fourth-order valence-corrected chi connectivity index (χ4v) is 3.82. The number of nitrogens with zero attached hydrogens (tertiary/aromatic N) is 3. The standard InChI is InChI=1S/C19H30N4O2/c1-22(19(24)18-6-5-17(14-20)25-18)16-8-12-23(13-9-16)11-7-15-4-2-3-10-21-15/h2-4,10,16-18H,5-9,11-14,20H2,1H3/t17-,18+/m1/s1. The first-order valence-corrected chi connectivity index (χ1v) is 9.42. The molecule has 25 heavy (non-hydrogen) atoms. The van der Waals surface area contributed by atoms with Crippen molar-refractivity contribution in [1.29, 1.82) is 0 Å². The number of ether oxygens (including phenoxy) is 1. The molecule has 3 rings (SSSR count). The summed E-state index contributed by atoms with van der Waals surface area (Å²) in [5.41, 5.74) is 6.78. The van der Waals surface area contributed by atoms with E-state index >= 15 is 0 Å². The smallest absolute Gasteiger partial charge is 0.251 e. The molecular formula is C19H30N4O2. The summed E-state index contributed by atoms with van der Waals surface area (Å²) in [5.74, 6) is 0.128. The monoisotopic (exact) mass is 346 g/mol. The number of amides is 1. The lowest BCUT2D eigenvalue weighted by atomic mass is 10.0. The van der Waals surface area contributed by atoms with Crippen LogP contribution in [-0.4, -0.2) is 72.2 Å². The second-order valence-electron chi connectivity index (χ2n) is 7.15. The molecule has 2 atom stereocenters. The molecule has 0 radical (unpaired) electrons. The first-order chi connectivity index (χ1) is 12.2. The van der Waals surface area contributed by atoms with Crippen LogP contribution in [0.2, 0.25) is 0 Å². The largest absolute Gasteiger partial charge is 0.364 e. The molecule has 0 bridgehead atoms. The summed E-state index contributed by atoms with van der Waals surface area (Å²) in [6.07, 6.45) is 6.34. The van der Waals surface area contributed by atoms with Crippen LogP contribution in [-0.2, 0) is 16.0 Å². The van der Waals surface area contributed by atoms with E-state index in [1.54, 1.807) is 0 Å². The number of aromatic nitrogens is 1. The van der Waals surface area contributed by atoms with Crippen LogP contribution in [0, 0.1) is 0 Å². The molecule has 0 saturated carbocycles. The second kappa shape index (κ2) is 8.74. The van der Waals surface area contributed by atoms with Crippen molar-refractivity contribution in [2.45, 2.75) is 50.4 Å². The molecule has 1 aromatic rings. The van der Waals surface area contributed by atoms with E-state index in [1.807, 2.05) is 30.3 Å². The Labute approximate surface area is 150 Å². The Morgan fingerprint density at radius 3 is 2.76 bits per heavy atom. The van der Waals surface area contributed by atoms with Gasteiger partial charge >= 0.3 is 0 Å². The number of hydrogen-bond acceptors (Lipinski definition) is 5. The minimum atomic E-state index is -0.291. The number of rotatable bonds is 6. The van der Waals surface area contributed by atoms with Gasteiger partial charge in [0.25, 0.3) is 5.91 Å². The van der Waals surface area contributed by atoms with Gasteiger partial charge in [-0.2, -0.15) is 0 Å². The van der Waals surface area contributed by atoms with Crippen LogP contribution in [0.3, 0.4) is 0 Å². The maximum atomic E-state index is 12.6. The van der Waals surface area contributed by atoms with Crippen LogP contribution in [0.25, 0.3) is 0 Å². The van der Waals surface area contributed by atoms with Crippen LogP contribution in [0.5, 0.6) is 0 Å². The van der Waals surface area contributed by atoms with Gasteiger partial charge in [-0.3, -0.25) is 9.78 Å². The van der Waals surface area contributed by atoms with Gasteiger partial charge < -0.3 is 20.3 Å². The van der Waals surface area contributed by atoms with Gasteiger partial charge in [0.05, 0.1) is 6.10 Å². The Bertz CT molecular complexity index is 546. The van der Waals surface area contributed by atoms with Gasteiger partial charge in [0, 0.05) is 57.6 Å². The third-order valence-electron chi connectivity index (χ3n) is 5.51. The van der Waals surface area contributed by atoms with Gasteiger partial charge in [-0.05, 0) is 37.8 Å². The van der Waals surface area contributed by atoms with Crippen molar-refractivity contribution >= 4 is 5.91 Å². The molecule has 0 spiro atoms. The summed E-state index contributed by atoms with van der Waals surface area (Å²) < 4.78 is 5.76. The van der Waals surface area contributed by atoms with Crippen LogP contribution < -0.4 is 5.73 Å². The Morgan fingerprint density at radius 2 is 2.12 bits per heavy atom. The molecule has 2 saturated heterocycles. The van der Waals surface area contributed by atoms with Gasteiger partial charge in [-0.25, -0.2) is 0 Å². The number of likely N-dealkylation sites (N-methyl/N-ethyl adjacent to an activating group) is 1. The number of piperidine rings is 1. The Balaban J connectivity index is 1.41. The molecule has 2 fully saturated rings. The summed E-state index contributed by atoms with van der Waals surface area (Å²) in [6, 6.07) is 6.38. The summed E-state index contributed by atoms with van der Waals surface area (Å²) in [4.78, 5) is 21.4. The average Bonchev–Trinajstić information content (AvgIpc) is 3.16. The molecule has 6 nitrogen and oxygen atoms in total. The maximum Gasteiger partial charge on any atom is 0.251 e. The van der Waals surface area contributed by atoms with E-state index in [0.29, 0.717) is 12.6 Å².